The topological polar surface area (TPSA) is 107 Å². The minimum absolute atomic E-state index is 0.0574. The van der Waals surface area contributed by atoms with Crippen molar-refractivity contribution in [2.24, 2.45) is 5.73 Å². The first-order valence-electron chi connectivity index (χ1n) is 10.4. The van der Waals surface area contributed by atoms with Crippen LogP contribution in [-0.2, 0) is 30.6 Å². The van der Waals surface area contributed by atoms with E-state index in [0.717, 1.165) is 47.4 Å². The fourth-order valence-electron chi connectivity index (χ4n) is 3.83. The second kappa shape index (κ2) is 9.60. The summed E-state index contributed by atoms with van der Waals surface area (Å²) in [5.74, 6) is -0.721. The highest BCUT2D eigenvalue weighted by molar-refractivity contribution is 7.99. The molecule has 0 fully saturated rings. The average molecular weight is 489 g/mol. The van der Waals surface area contributed by atoms with Crippen molar-refractivity contribution in [2.45, 2.75) is 50.7 Å². The molecule has 0 bridgehead atoms. The van der Waals surface area contributed by atoms with Crippen molar-refractivity contribution in [3.05, 3.63) is 50.0 Å². The molecule has 1 aliphatic rings. The number of thiophene rings is 2. The Morgan fingerprint density at radius 1 is 1.34 bits per heavy atom. The van der Waals surface area contributed by atoms with Gasteiger partial charge >= 0.3 is 0 Å². The van der Waals surface area contributed by atoms with Crippen LogP contribution in [0.2, 0.25) is 0 Å². The van der Waals surface area contributed by atoms with Crippen molar-refractivity contribution in [1.82, 2.24) is 9.55 Å². The van der Waals surface area contributed by atoms with E-state index in [4.69, 9.17) is 5.73 Å². The van der Waals surface area contributed by atoms with Crippen molar-refractivity contribution in [3.63, 3.8) is 0 Å². The molecule has 3 aromatic rings. The molecule has 3 aromatic heterocycles. The summed E-state index contributed by atoms with van der Waals surface area (Å²) >= 11 is 4.13. The van der Waals surface area contributed by atoms with Gasteiger partial charge in [0.1, 0.15) is 9.83 Å². The maximum absolute atomic E-state index is 13.0. The molecule has 2 amide bonds. The number of nitrogens with two attached hydrogens (primary N) is 1. The van der Waals surface area contributed by atoms with E-state index in [1.54, 1.807) is 6.08 Å². The van der Waals surface area contributed by atoms with Crippen LogP contribution in [0.25, 0.3) is 10.2 Å². The molecular formula is C22H24N4O3S3. The summed E-state index contributed by atoms with van der Waals surface area (Å²) in [6, 6.07) is 1.89. The molecule has 32 heavy (non-hydrogen) atoms. The van der Waals surface area contributed by atoms with Crippen LogP contribution >= 0.6 is 34.4 Å². The Bertz CT molecular complexity index is 1270. The molecule has 0 unspecified atom stereocenters. The Kier molecular flexibility index (Phi) is 6.82. The molecule has 0 saturated carbocycles. The first-order valence-corrected chi connectivity index (χ1v) is 13.1. The maximum atomic E-state index is 13.0. The van der Waals surface area contributed by atoms with Crippen LogP contribution in [0.15, 0.2) is 28.7 Å². The highest BCUT2D eigenvalue weighted by atomic mass is 32.2. The summed E-state index contributed by atoms with van der Waals surface area (Å²) in [5.41, 5.74) is 6.91. The van der Waals surface area contributed by atoms with Crippen molar-refractivity contribution in [3.8, 4) is 0 Å². The lowest BCUT2D eigenvalue weighted by atomic mass is 9.95. The molecule has 0 saturated heterocycles. The second-order valence-electron chi connectivity index (χ2n) is 7.50. The Morgan fingerprint density at radius 2 is 2.12 bits per heavy atom. The summed E-state index contributed by atoms with van der Waals surface area (Å²) in [6.45, 7) is 6.08. The normalized spacial score (nSPS) is 13.2. The highest BCUT2D eigenvalue weighted by Crippen LogP contribution is 2.38. The molecular weight excluding hydrogens is 464 g/mol. The SMILES string of the molecule is C=CCn1c(SCC(=O)Nc2sc3c(c2C(N)=O)CCCC3)nc2sc(CC)cc2c1=O. The van der Waals surface area contributed by atoms with Crippen LogP contribution in [0.3, 0.4) is 0 Å². The number of aromatic nitrogens is 2. The van der Waals surface area contributed by atoms with E-state index >= 15 is 0 Å². The molecule has 1 aliphatic carbocycles. The number of carbonyl (C=O) groups excluding carboxylic acids is 2. The van der Waals surface area contributed by atoms with E-state index in [9.17, 15) is 14.4 Å². The van der Waals surface area contributed by atoms with Gasteiger partial charge in [-0.15, -0.1) is 29.3 Å². The van der Waals surface area contributed by atoms with Crippen LogP contribution in [0.1, 0.15) is 45.4 Å². The van der Waals surface area contributed by atoms with Crippen LogP contribution in [0.4, 0.5) is 5.00 Å². The standard InChI is InChI=1S/C22H24N4O3S3/c1-3-9-26-21(29)14-10-12(4-2)31-19(14)25-22(26)30-11-16(27)24-20-17(18(23)28)13-7-5-6-8-15(13)32-20/h3,10H,1,4-9,11H2,2H3,(H2,23,28)(H,24,27). The average Bonchev–Trinajstić information content (AvgIpc) is 3.35. The Balaban J connectivity index is 1.56. The fourth-order valence-corrected chi connectivity index (χ4v) is 6.96. The molecule has 3 N–H and O–H groups in total. The second-order valence-corrected chi connectivity index (χ2v) is 10.7. The highest BCUT2D eigenvalue weighted by Gasteiger charge is 2.25. The number of thioether (sulfide) groups is 1. The molecule has 4 rings (SSSR count). The third-order valence-corrected chi connectivity index (χ3v) is 8.69. The van der Waals surface area contributed by atoms with Gasteiger partial charge in [0.2, 0.25) is 5.91 Å². The van der Waals surface area contributed by atoms with Crippen molar-refractivity contribution < 1.29 is 9.59 Å². The number of nitrogens with zero attached hydrogens (tertiary/aromatic N) is 2. The van der Waals surface area contributed by atoms with Crippen molar-refractivity contribution in [1.29, 1.82) is 0 Å². The zero-order valence-electron chi connectivity index (χ0n) is 17.7. The monoisotopic (exact) mass is 488 g/mol. The smallest absolute Gasteiger partial charge is 0.263 e. The third kappa shape index (κ3) is 4.39. The van der Waals surface area contributed by atoms with E-state index in [0.29, 0.717) is 32.5 Å². The number of hydrogen-bond donors (Lipinski definition) is 2. The zero-order chi connectivity index (χ0) is 22.8. The van der Waals surface area contributed by atoms with Gasteiger partial charge in [0.05, 0.1) is 16.7 Å². The summed E-state index contributed by atoms with van der Waals surface area (Å²) in [7, 11) is 0. The third-order valence-electron chi connectivity index (χ3n) is 5.33. The predicted molar refractivity (Wildman–Crippen MR) is 132 cm³/mol. The fraction of sp³-hybridized carbons (Fsp3) is 0.364. The first kappa shape index (κ1) is 22.8. The van der Waals surface area contributed by atoms with Gasteiger partial charge in [-0.2, -0.15) is 0 Å². The van der Waals surface area contributed by atoms with Crippen LogP contribution in [-0.4, -0.2) is 27.1 Å². The van der Waals surface area contributed by atoms with Crippen LogP contribution in [0.5, 0.6) is 0 Å². The minimum atomic E-state index is -0.510. The lowest BCUT2D eigenvalue weighted by Crippen LogP contribution is -2.23. The number of allylic oxidation sites excluding steroid dienone is 1. The van der Waals surface area contributed by atoms with E-state index in [-0.39, 0.29) is 17.2 Å². The van der Waals surface area contributed by atoms with Gasteiger partial charge in [0, 0.05) is 16.3 Å². The van der Waals surface area contributed by atoms with Crippen LogP contribution < -0.4 is 16.6 Å². The number of aryl methyl sites for hydroxylation is 2. The van der Waals surface area contributed by atoms with E-state index in [1.165, 1.54) is 39.0 Å². The lowest BCUT2D eigenvalue weighted by Gasteiger charge is -2.11. The van der Waals surface area contributed by atoms with Gasteiger partial charge in [-0.25, -0.2) is 4.98 Å². The van der Waals surface area contributed by atoms with Gasteiger partial charge in [-0.05, 0) is 43.7 Å². The molecule has 0 aromatic carbocycles. The van der Waals surface area contributed by atoms with E-state index in [2.05, 4.69) is 16.9 Å². The number of primary amides is 1. The van der Waals surface area contributed by atoms with Gasteiger partial charge in [-0.3, -0.25) is 19.0 Å². The van der Waals surface area contributed by atoms with Crippen LogP contribution in [0, 0.1) is 0 Å². The molecule has 10 heteroatoms. The maximum Gasteiger partial charge on any atom is 0.263 e. The van der Waals surface area contributed by atoms with Gasteiger partial charge < -0.3 is 11.1 Å². The Morgan fingerprint density at radius 3 is 2.84 bits per heavy atom. The van der Waals surface area contributed by atoms with E-state index < -0.39 is 5.91 Å². The van der Waals surface area contributed by atoms with Gasteiger partial charge in [0.25, 0.3) is 11.5 Å². The van der Waals surface area contributed by atoms with E-state index in [1.807, 2.05) is 13.0 Å². The minimum Gasteiger partial charge on any atom is -0.365 e. The van der Waals surface area contributed by atoms with Gasteiger partial charge in [0.15, 0.2) is 5.16 Å². The number of fused-ring (bicyclic) bond motifs is 2. The molecule has 3 heterocycles. The number of amides is 2. The number of rotatable bonds is 8. The molecule has 168 valence electrons. The first-order chi connectivity index (χ1) is 15.4. The summed E-state index contributed by atoms with van der Waals surface area (Å²) in [5, 5.41) is 4.45. The molecule has 0 spiro atoms. The zero-order valence-corrected chi connectivity index (χ0v) is 20.2. The van der Waals surface area contributed by atoms with Gasteiger partial charge in [-0.1, -0.05) is 24.8 Å². The summed E-state index contributed by atoms with van der Waals surface area (Å²) in [6.07, 6.45) is 6.29. The Hall–Kier alpha value is -2.43. The summed E-state index contributed by atoms with van der Waals surface area (Å²) < 4.78 is 1.54. The molecule has 7 nitrogen and oxygen atoms in total. The number of anilines is 1. The number of carbonyl (C=O) groups is 2. The Labute approximate surface area is 197 Å². The largest absolute Gasteiger partial charge is 0.365 e. The molecule has 0 aliphatic heterocycles. The molecule has 0 atom stereocenters. The lowest BCUT2D eigenvalue weighted by molar-refractivity contribution is -0.113. The number of nitrogens with one attached hydrogen (secondary N) is 1. The molecule has 0 radical (unpaired) electrons. The predicted octanol–water partition coefficient (Wildman–Crippen LogP) is 3.98. The number of hydrogen-bond acceptors (Lipinski definition) is 7. The van der Waals surface area contributed by atoms with Crippen molar-refractivity contribution in [2.75, 3.05) is 11.1 Å². The van der Waals surface area contributed by atoms with Crippen molar-refractivity contribution >= 4 is 61.5 Å². The quantitative estimate of drug-likeness (QED) is 0.283. The summed E-state index contributed by atoms with van der Waals surface area (Å²) in [4.78, 5) is 45.3.